The largest absolute Gasteiger partial charge is 0.372 e. The third-order valence-electron chi connectivity index (χ3n) is 4.32. The van der Waals surface area contributed by atoms with Crippen molar-refractivity contribution in [3.63, 3.8) is 0 Å². The molecule has 2 rings (SSSR count). The highest BCUT2D eigenvalue weighted by molar-refractivity contribution is 5.52. The van der Waals surface area contributed by atoms with Crippen molar-refractivity contribution in [1.29, 1.82) is 0 Å². The van der Waals surface area contributed by atoms with Gasteiger partial charge in [0.1, 0.15) is 0 Å². The monoisotopic (exact) mass is 336 g/mol. The Morgan fingerprint density at radius 3 is 2.16 bits per heavy atom. The highest BCUT2D eigenvalue weighted by Gasteiger charge is 2.07. The molecule has 0 amide bonds. The van der Waals surface area contributed by atoms with Crippen molar-refractivity contribution < 1.29 is 0 Å². The number of nitrogens with zero attached hydrogens (tertiary/aromatic N) is 4. The predicted octanol–water partition coefficient (Wildman–Crippen LogP) is 6.66. The van der Waals surface area contributed by atoms with Gasteiger partial charge in [0, 0.05) is 18.8 Å². The maximum Gasteiger partial charge on any atom is 0.166 e. The molecule has 0 heterocycles. The first-order chi connectivity index (χ1) is 12.3. The molecule has 0 bridgehead atoms. The van der Waals surface area contributed by atoms with E-state index in [9.17, 15) is 0 Å². The van der Waals surface area contributed by atoms with Crippen molar-refractivity contribution in [3.8, 4) is 0 Å². The zero-order valence-electron chi connectivity index (χ0n) is 15.4. The molecule has 0 aliphatic heterocycles. The number of hydrogen-bond donors (Lipinski definition) is 0. The van der Waals surface area contributed by atoms with Crippen molar-refractivity contribution in [2.45, 2.75) is 52.4 Å². The minimum atomic E-state index is 0.761. The summed E-state index contributed by atoms with van der Waals surface area (Å²) in [6, 6.07) is 8.36. The first kappa shape index (κ1) is 18.9. The number of benzene rings is 1. The van der Waals surface area contributed by atoms with Crippen LogP contribution >= 0.6 is 0 Å². The van der Waals surface area contributed by atoms with Gasteiger partial charge in [-0.15, -0.1) is 0 Å². The van der Waals surface area contributed by atoms with Gasteiger partial charge in [0.2, 0.25) is 0 Å². The van der Waals surface area contributed by atoms with Gasteiger partial charge >= 0.3 is 0 Å². The quantitative estimate of drug-likeness (QED) is 0.366. The molecule has 0 radical (unpaired) electrons. The van der Waals surface area contributed by atoms with E-state index in [2.05, 4.69) is 46.0 Å². The Labute approximate surface area is 151 Å². The first-order valence-electron chi connectivity index (χ1n) is 9.30. The number of rotatable bonds is 9. The van der Waals surface area contributed by atoms with Gasteiger partial charge in [0.05, 0.1) is 18.0 Å². The molecule has 0 saturated heterocycles. The Morgan fingerprint density at radius 1 is 0.960 bits per heavy atom. The molecule has 0 saturated carbocycles. The fraction of sp³-hybridized carbons (Fsp3) is 0.476. The molecule has 1 aliphatic rings. The number of hydrogen-bond acceptors (Lipinski definition) is 3. The lowest BCUT2D eigenvalue weighted by Gasteiger charge is -2.24. The molecule has 1 aromatic carbocycles. The van der Waals surface area contributed by atoms with Crippen molar-refractivity contribution >= 4 is 11.4 Å². The van der Waals surface area contributed by atoms with Crippen LogP contribution in [0.3, 0.4) is 0 Å². The van der Waals surface area contributed by atoms with Crippen LogP contribution in [0.5, 0.6) is 0 Å². The highest BCUT2D eigenvalue weighted by atomic mass is 15.1. The summed E-state index contributed by atoms with van der Waals surface area (Å²) in [7, 11) is 0. The standard InChI is InChI=1S/C21H28N4/c1-4-6-16-25(17-7-5-2)21-14-12-20(13-15-21)24-23-19-10-8-18(22-3)9-11-19/h8,10,12-15H,4-7,9,11,16-17H2,1-2H3. The van der Waals surface area contributed by atoms with Gasteiger partial charge in [-0.25, -0.2) is 4.85 Å². The summed E-state index contributed by atoms with van der Waals surface area (Å²) in [6.07, 6.45) is 10.2. The van der Waals surface area contributed by atoms with Crippen LogP contribution < -0.4 is 4.90 Å². The van der Waals surface area contributed by atoms with E-state index in [1.54, 1.807) is 0 Å². The Kier molecular flexibility index (Phi) is 7.91. The minimum absolute atomic E-state index is 0.761. The maximum absolute atomic E-state index is 7.01. The molecule has 4 nitrogen and oxygen atoms in total. The Balaban J connectivity index is 2.00. The third-order valence-corrected chi connectivity index (χ3v) is 4.32. The fourth-order valence-corrected chi connectivity index (χ4v) is 2.71. The van der Waals surface area contributed by atoms with Crippen LogP contribution in [-0.4, -0.2) is 13.1 Å². The number of unbranched alkanes of at least 4 members (excludes halogenated alkanes) is 2. The van der Waals surface area contributed by atoms with Crippen molar-refractivity contribution in [1.82, 2.24) is 0 Å². The van der Waals surface area contributed by atoms with Gasteiger partial charge in [-0.2, -0.15) is 10.2 Å². The predicted molar refractivity (Wildman–Crippen MR) is 105 cm³/mol. The van der Waals surface area contributed by atoms with Gasteiger partial charge in [-0.3, -0.25) is 0 Å². The minimum Gasteiger partial charge on any atom is -0.372 e. The van der Waals surface area contributed by atoms with Gasteiger partial charge in [-0.1, -0.05) is 32.8 Å². The molecule has 0 unspecified atom stereocenters. The smallest absolute Gasteiger partial charge is 0.166 e. The van der Waals surface area contributed by atoms with Crippen LogP contribution in [0, 0.1) is 6.57 Å². The topological polar surface area (TPSA) is 32.3 Å². The second-order valence-electron chi connectivity index (χ2n) is 6.34. The van der Waals surface area contributed by atoms with Crippen molar-refractivity contribution in [3.05, 3.63) is 59.2 Å². The number of allylic oxidation sites excluding steroid dienone is 4. The fourth-order valence-electron chi connectivity index (χ4n) is 2.71. The second-order valence-corrected chi connectivity index (χ2v) is 6.34. The van der Waals surface area contributed by atoms with E-state index in [1.807, 2.05) is 24.3 Å². The van der Waals surface area contributed by atoms with Crippen LogP contribution in [0.2, 0.25) is 0 Å². The molecule has 0 aromatic heterocycles. The maximum atomic E-state index is 7.01. The molecule has 132 valence electrons. The van der Waals surface area contributed by atoms with E-state index in [1.165, 1.54) is 31.4 Å². The van der Waals surface area contributed by atoms with Crippen molar-refractivity contribution in [2.24, 2.45) is 10.2 Å². The van der Waals surface area contributed by atoms with E-state index < -0.39 is 0 Å². The molecule has 0 atom stereocenters. The van der Waals surface area contributed by atoms with Crippen LogP contribution in [-0.2, 0) is 0 Å². The van der Waals surface area contributed by atoms with E-state index in [0.717, 1.165) is 43.0 Å². The Morgan fingerprint density at radius 2 is 1.64 bits per heavy atom. The average molecular weight is 336 g/mol. The molecule has 25 heavy (non-hydrogen) atoms. The molecular formula is C21H28N4. The van der Waals surface area contributed by atoms with Gasteiger partial charge in [0.25, 0.3) is 0 Å². The van der Waals surface area contributed by atoms with Gasteiger partial charge in [-0.05, 0) is 56.0 Å². The summed E-state index contributed by atoms with van der Waals surface area (Å²) in [5, 5.41) is 8.66. The van der Waals surface area contributed by atoms with Crippen LogP contribution in [0.4, 0.5) is 11.4 Å². The lowest BCUT2D eigenvalue weighted by Crippen LogP contribution is -2.25. The summed E-state index contributed by atoms with van der Waals surface area (Å²) < 4.78 is 0. The van der Waals surface area contributed by atoms with Crippen LogP contribution in [0.25, 0.3) is 4.85 Å². The summed E-state index contributed by atoms with van der Waals surface area (Å²) in [5.74, 6) is 0. The number of azo groups is 1. The first-order valence-corrected chi connectivity index (χ1v) is 9.30. The van der Waals surface area contributed by atoms with E-state index in [4.69, 9.17) is 6.57 Å². The molecule has 1 aliphatic carbocycles. The zero-order chi connectivity index (χ0) is 17.9. The molecule has 1 aromatic rings. The molecule has 0 fully saturated rings. The van der Waals surface area contributed by atoms with E-state index in [-0.39, 0.29) is 0 Å². The molecule has 0 N–H and O–H groups in total. The highest BCUT2D eigenvalue weighted by Crippen LogP contribution is 2.24. The lowest BCUT2D eigenvalue weighted by molar-refractivity contribution is 0.678. The summed E-state index contributed by atoms with van der Waals surface area (Å²) in [5.41, 5.74) is 3.87. The third kappa shape index (κ3) is 6.19. The van der Waals surface area contributed by atoms with Crippen molar-refractivity contribution in [2.75, 3.05) is 18.0 Å². The van der Waals surface area contributed by atoms with Gasteiger partial charge in [0.15, 0.2) is 5.70 Å². The second kappa shape index (κ2) is 10.5. The van der Waals surface area contributed by atoms with E-state index >= 15 is 0 Å². The normalized spacial score (nSPS) is 14.1. The number of anilines is 1. The molecule has 4 heteroatoms. The summed E-state index contributed by atoms with van der Waals surface area (Å²) >= 11 is 0. The van der Waals surface area contributed by atoms with Crippen LogP contribution in [0.15, 0.2) is 58.0 Å². The molecule has 0 spiro atoms. The average Bonchev–Trinajstić information content (AvgIpc) is 2.67. The Hall–Kier alpha value is -2.41. The van der Waals surface area contributed by atoms with E-state index in [0.29, 0.717) is 0 Å². The van der Waals surface area contributed by atoms with Gasteiger partial charge < -0.3 is 4.90 Å². The summed E-state index contributed by atoms with van der Waals surface area (Å²) in [6.45, 7) is 13.7. The zero-order valence-corrected chi connectivity index (χ0v) is 15.4. The summed E-state index contributed by atoms with van der Waals surface area (Å²) in [4.78, 5) is 5.92. The van der Waals surface area contributed by atoms with Crippen LogP contribution in [0.1, 0.15) is 52.4 Å². The molecular weight excluding hydrogens is 308 g/mol. The Bertz CT molecular complexity index is 654. The lowest BCUT2D eigenvalue weighted by atomic mass is 10.1. The SMILES string of the molecule is [C-]#[N+]C1=CC=C(N=Nc2ccc(N(CCCC)CCCC)cc2)CC1.